The van der Waals surface area contributed by atoms with Crippen LogP contribution in [0.4, 0.5) is 35.1 Å². The fourth-order valence-corrected chi connectivity index (χ4v) is 5.27. The number of carbonyl (C=O) groups is 2. The lowest BCUT2D eigenvalue weighted by Crippen LogP contribution is -2.11. The van der Waals surface area contributed by atoms with E-state index in [0.29, 0.717) is 0 Å². The van der Waals surface area contributed by atoms with Crippen molar-refractivity contribution in [2.45, 2.75) is 0 Å². The van der Waals surface area contributed by atoms with Crippen LogP contribution in [-0.2, 0) is 0 Å². The highest BCUT2D eigenvalue weighted by atomic mass is 127. The summed E-state index contributed by atoms with van der Waals surface area (Å²) in [4.78, 5) is 20.5. The molecule has 0 bridgehead atoms. The molecule has 0 saturated carbocycles. The third-order valence-electron chi connectivity index (χ3n) is 3.59. The molecular formula is C18H10F8I2O4S2. The minimum Gasteiger partial charge on any atom is -0.477 e. The smallest absolute Gasteiger partial charge is 0.341 e. The lowest BCUT2D eigenvalue weighted by atomic mass is 10.2. The average molecular weight is 760 g/mol. The van der Waals surface area contributed by atoms with Gasteiger partial charge in [-0.05, 0) is 45.2 Å². The third kappa shape index (κ3) is 7.49. The molecule has 1 aliphatic heterocycles. The zero-order valence-corrected chi connectivity index (χ0v) is 22.1. The van der Waals surface area contributed by atoms with Gasteiger partial charge < -0.3 is 10.2 Å². The quantitative estimate of drug-likeness (QED) is 0.157. The largest absolute Gasteiger partial charge is 0.477 e. The first-order valence-electron chi connectivity index (χ1n) is 8.40. The fraction of sp³-hybridized carbons (Fsp3) is 0.222. The van der Waals surface area contributed by atoms with Gasteiger partial charge in [0.05, 0.1) is 7.14 Å². The van der Waals surface area contributed by atoms with Crippen molar-refractivity contribution < 1.29 is 54.9 Å². The van der Waals surface area contributed by atoms with E-state index in [1.54, 1.807) is 0 Å². The van der Waals surface area contributed by atoms with Crippen LogP contribution in [0, 0.1) is 53.7 Å². The zero-order chi connectivity index (χ0) is 26.3. The summed E-state index contributed by atoms with van der Waals surface area (Å²) >= 11 is 6.22. The molecule has 0 aromatic heterocycles. The van der Waals surface area contributed by atoms with Gasteiger partial charge in [-0.3, -0.25) is 0 Å². The van der Waals surface area contributed by atoms with Crippen LogP contribution in [0.25, 0.3) is 0 Å². The number of carboxylic acids is 2. The summed E-state index contributed by atoms with van der Waals surface area (Å²) in [5.41, 5.74) is -3.25. The Balaban J connectivity index is 0.000000274. The number of hydrogen-bond acceptors (Lipinski definition) is 4. The molecule has 188 valence electrons. The number of carboxylic acid groups (broad SMARTS) is 2. The molecule has 1 heterocycles. The number of halogens is 10. The lowest BCUT2D eigenvalue weighted by molar-refractivity contribution is 0.0672. The van der Waals surface area contributed by atoms with Crippen LogP contribution in [0.2, 0.25) is 0 Å². The van der Waals surface area contributed by atoms with Gasteiger partial charge in [0.25, 0.3) is 0 Å². The molecule has 4 nitrogen and oxygen atoms in total. The zero-order valence-electron chi connectivity index (χ0n) is 16.1. The Labute approximate surface area is 222 Å². The summed E-state index contributed by atoms with van der Waals surface area (Å²) < 4.78 is 100. The first-order chi connectivity index (χ1) is 15.7. The fourth-order valence-electron chi connectivity index (χ4n) is 2.03. The molecule has 2 aromatic carbocycles. The number of aromatic carboxylic acids is 2. The molecule has 0 radical (unpaired) electrons. The highest BCUT2D eigenvalue weighted by Gasteiger charge is 2.29. The summed E-state index contributed by atoms with van der Waals surface area (Å²) in [5.74, 6) is -13.0. The monoisotopic (exact) mass is 760 g/mol. The van der Waals surface area contributed by atoms with Crippen LogP contribution in [-0.4, -0.2) is 45.2 Å². The molecule has 0 unspecified atom stereocenters. The van der Waals surface area contributed by atoms with E-state index >= 15 is 0 Å². The second-order valence-electron chi connectivity index (χ2n) is 5.72. The number of hydrogen-bond donors (Lipinski definition) is 2. The van der Waals surface area contributed by atoms with E-state index < -0.39 is 76.7 Å². The second-order valence-corrected chi connectivity index (χ2v) is 10.3. The van der Waals surface area contributed by atoms with Crippen molar-refractivity contribution >= 4 is 80.6 Å². The normalized spacial score (nSPS) is 12.8. The molecule has 2 N–H and O–H groups in total. The Hall–Kier alpha value is -1.02. The van der Waals surface area contributed by atoms with Gasteiger partial charge >= 0.3 is 11.9 Å². The number of benzene rings is 2. The Kier molecular flexibility index (Phi) is 12.7. The van der Waals surface area contributed by atoms with Gasteiger partial charge in [-0.1, -0.05) is 0 Å². The summed E-state index contributed by atoms with van der Waals surface area (Å²) in [5, 5.41) is 16.5. The summed E-state index contributed by atoms with van der Waals surface area (Å²) in [7, 11) is 0. The maximum atomic E-state index is 12.8. The SMILES string of the molecule is C1CSCCS1.O=C(O)c1c(F)c(F)c(I)c(F)c1F.O=C(O)c1c(F)c(F)c(I)c(F)c1F. The summed E-state index contributed by atoms with van der Waals surface area (Å²) in [6.45, 7) is 0. The van der Waals surface area contributed by atoms with Crippen LogP contribution in [0.15, 0.2) is 0 Å². The van der Waals surface area contributed by atoms with Crippen molar-refractivity contribution in [1.82, 2.24) is 0 Å². The summed E-state index contributed by atoms with van der Waals surface area (Å²) in [6, 6.07) is 0. The second kappa shape index (κ2) is 13.9. The Morgan fingerprint density at radius 1 is 0.529 bits per heavy atom. The van der Waals surface area contributed by atoms with Crippen LogP contribution in [0.5, 0.6) is 0 Å². The van der Waals surface area contributed by atoms with Gasteiger partial charge in [0.2, 0.25) is 0 Å². The van der Waals surface area contributed by atoms with E-state index in [-0.39, 0.29) is 0 Å². The van der Waals surface area contributed by atoms with Crippen molar-refractivity contribution in [3.63, 3.8) is 0 Å². The molecule has 0 aliphatic carbocycles. The maximum absolute atomic E-state index is 12.8. The Bertz CT molecular complexity index is 952. The standard InChI is InChI=1S/2C7HF4IO2.C4H8S2/c2*8-2-1(7(13)14)3(9)5(11)6(12)4(2)10;1-2-6-4-3-5-1/h2*(H,13,14);1-4H2. The Morgan fingerprint density at radius 2 is 0.735 bits per heavy atom. The molecule has 16 heteroatoms. The predicted molar refractivity (Wildman–Crippen MR) is 127 cm³/mol. The topological polar surface area (TPSA) is 74.6 Å². The van der Waals surface area contributed by atoms with Gasteiger partial charge in [0.15, 0.2) is 46.5 Å². The van der Waals surface area contributed by atoms with E-state index in [9.17, 15) is 44.7 Å². The van der Waals surface area contributed by atoms with Crippen LogP contribution in [0.1, 0.15) is 20.7 Å². The average Bonchev–Trinajstić information content (AvgIpc) is 2.80. The van der Waals surface area contributed by atoms with Crippen molar-refractivity contribution in [1.29, 1.82) is 0 Å². The summed E-state index contributed by atoms with van der Waals surface area (Å²) in [6.07, 6.45) is 0. The Morgan fingerprint density at radius 3 is 0.882 bits per heavy atom. The van der Waals surface area contributed by atoms with Gasteiger partial charge in [0, 0.05) is 23.0 Å². The van der Waals surface area contributed by atoms with E-state index in [1.807, 2.05) is 0 Å². The van der Waals surface area contributed by atoms with Crippen LogP contribution in [0.3, 0.4) is 0 Å². The number of rotatable bonds is 2. The van der Waals surface area contributed by atoms with Gasteiger partial charge in [-0.25, -0.2) is 44.7 Å². The molecule has 0 amide bonds. The molecule has 1 saturated heterocycles. The predicted octanol–water partition coefficient (Wildman–Crippen LogP) is 6.56. The first-order valence-corrected chi connectivity index (χ1v) is 12.9. The van der Waals surface area contributed by atoms with Crippen molar-refractivity contribution in [3.05, 3.63) is 64.8 Å². The van der Waals surface area contributed by atoms with Gasteiger partial charge in [-0.15, -0.1) is 0 Å². The van der Waals surface area contributed by atoms with Crippen molar-refractivity contribution in [3.8, 4) is 0 Å². The van der Waals surface area contributed by atoms with Crippen LogP contribution < -0.4 is 0 Å². The molecule has 2 aromatic rings. The molecular weight excluding hydrogens is 750 g/mol. The third-order valence-corrected chi connectivity index (χ3v) is 7.97. The minimum atomic E-state index is -2.06. The van der Waals surface area contributed by atoms with Gasteiger partial charge in [-0.2, -0.15) is 23.5 Å². The minimum absolute atomic E-state index is 0.914. The first kappa shape index (κ1) is 31.0. The highest BCUT2D eigenvalue weighted by molar-refractivity contribution is 14.1. The molecule has 0 spiro atoms. The molecule has 1 aliphatic rings. The van der Waals surface area contributed by atoms with Crippen LogP contribution >= 0.6 is 68.7 Å². The molecule has 34 heavy (non-hydrogen) atoms. The number of thioether (sulfide) groups is 2. The van der Waals surface area contributed by atoms with Gasteiger partial charge in [0.1, 0.15) is 11.1 Å². The lowest BCUT2D eigenvalue weighted by Gasteiger charge is -2.05. The maximum Gasteiger partial charge on any atom is 0.341 e. The highest BCUT2D eigenvalue weighted by Crippen LogP contribution is 2.26. The van der Waals surface area contributed by atoms with E-state index in [0.717, 1.165) is 45.2 Å². The molecule has 3 rings (SSSR count). The van der Waals surface area contributed by atoms with E-state index in [4.69, 9.17) is 10.2 Å². The molecule has 0 atom stereocenters. The van der Waals surface area contributed by atoms with E-state index in [1.165, 1.54) is 23.0 Å². The molecule has 1 fully saturated rings. The van der Waals surface area contributed by atoms with Crippen molar-refractivity contribution in [2.24, 2.45) is 0 Å². The van der Waals surface area contributed by atoms with E-state index in [2.05, 4.69) is 23.5 Å². The van der Waals surface area contributed by atoms with Crippen molar-refractivity contribution in [2.75, 3.05) is 23.0 Å².